The monoisotopic (exact) mass is 357 g/mol. The smallest absolute Gasteiger partial charge is 0.313 e. The first-order chi connectivity index (χ1) is 11.0. The molecule has 1 aromatic rings. The van der Waals surface area contributed by atoms with E-state index in [0.29, 0.717) is 43.4 Å². The molecule has 0 aliphatic carbocycles. The van der Waals surface area contributed by atoms with Gasteiger partial charge >= 0.3 is 5.97 Å². The molecule has 0 bridgehead atoms. The minimum absolute atomic E-state index is 0.0426. The Balaban J connectivity index is 2.03. The number of thioether (sulfide) groups is 1. The lowest BCUT2D eigenvalue weighted by Crippen LogP contribution is -2.48. The highest BCUT2D eigenvalue weighted by Crippen LogP contribution is 2.36. The fourth-order valence-corrected chi connectivity index (χ4v) is 3.47. The van der Waals surface area contributed by atoms with Crippen molar-refractivity contribution in [2.75, 3.05) is 31.3 Å². The molecule has 1 fully saturated rings. The number of aliphatic carboxylic acids is 1. The van der Waals surface area contributed by atoms with E-state index in [1.807, 2.05) is 18.2 Å². The highest BCUT2D eigenvalue weighted by atomic mass is 35.5. The number of halogens is 1. The number of carboxylic acids is 1. The first-order valence-corrected chi connectivity index (χ1v) is 8.99. The number of benzene rings is 1. The molecule has 1 amide bonds. The van der Waals surface area contributed by atoms with Gasteiger partial charge in [0.15, 0.2) is 0 Å². The molecule has 1 saturated heterocycles. The largest absolute Gasteiger partial charge is 0.481 e. The van der Waals surface area contributed by atoms with Gasteiger partial charge in [0.05, 0.1) is 11.2 Å². The molecule has 0 aromatic heterocycles. The van der Waals surface area contributed by atoms with Crippen molar-refractivity contribution in [3.8, 4) is 0 Å². The van der Waals surface area contributed by atoms with Crippen LogP contribution in [0.2, 0.25) is 5.02 Å². The summed E-state index contributed by atoms with van der Waals surface area (Å²) in [6.07, 6.45) is 1.23. The minimum Gasteiger partial charge on any atom is -0.481 e. The second-order valence-electron chi connectivity index (χ2n) is 5.41. The number of carbonyl (C=O) groups is 2. The predicted molar refractivity (Wildman–Crippen MR) is 91.2 cm³/mol. The van der Waals surface area contributed by atoms with Gasteiger partial charge in [0.2, 0.25) is 5.91 Å². The lowest BCUT2D eigenvalue weighted by molar-refractivity contribution is -0.134. The third kappa shape index (κ3) is 4.86. The van der Waals surface area contributed by atoms with Crippen LogP contribution >= 0.6 is 23.4 Å². The summed E-state index contributed by atoms with van der Waals surface area (Å²) in [5, 5.41) is 12.1. The summed E-state index contributed by atoms with van der Waals surface area (Å²) in [6, 6.07) is 7.41. The lowest BCUT2D eigenvalue weighted by Gasteiger charge is -2.36. The van der Waals surface area contributed by atoms with Gasteiger partial charge in [0.1, 0.15) is 0 Å². The second-order valence-corrected chi connectivity index (χ2v) is 6.95. The predicted octanol–water partition coefficient (Wildman–Crippen LogP) is 2.32. The standard InChI is InChI=1S/C16H20ClNO4S/c17-13-3-1-2-12(10-13)16(4-7-22-8-5-16)15(21)18-6-9-23-11-14(19)20/h1-3,10H,4-9,11H2,(H,18,21)(H,19,20). The molecule has 23 heavy (non-hydrogen) atoms. The van der Waals surface area contributed by atoms with Gasteiger partial charge in [-0.1, -0.05) is 23.7 Å². The summed E-state index contributed by atoms with van der Waals surface area (Å²) in [6.45, 7) is 1.52. The Kier molecular flexibility index (Phi) is 6.74. The Labute approximate surface area is 144 Å². The van der Waals surface area contributed by atoms with Crippen molar-refractivity contribution in [2.45, 2.75) is 18.3 Å². The highest BCUT2D eigenvalue weighted by Gasteiger charge is 2.41. The van der Waals surface area contributed by atoms with Crippen molar-refractivity contribution < 1.29 is 19.4 Å². The molecule has 0 saturated carbocycles. The van der Waals surface area contributed by atoms with Gasteiger partial charge in [0.25, 0.3) is 0 Å². The van der Waals surface area contributed by atoms with E-state index in [4.69, 9.17) is 21.4 Å². The molecular weight excluding hydrogens is 338 g/mol. The van der Waals surface area contributed by atoms with Crippen LogP contribution in [-0.4, -0.2) is 48.2 Å². The lowest BCUT2D eigenvalue weighted by atomic mass is 9.73. The normalized spacial score (nSPS) is 16.7. The van der Waals surface area contributed by atoms with Crippen molar-refractivity contribution in [2.24, 2.45) is 0 Å². The quantitative estimate of drug-likeness (QED) is 0.732. The van der Waals surface area contributed by atoms with E-state index in [1.54, 1.807) is 6.07 Å². The number of carboxylic acid groups (broad SMARTS) is 1. The molecule has 7 heteroatoms. The van der Waals surface area contributed by atoms with Crippen LogP contribution in [0.5, 0.6) is 0 Å². The van der Waals surface area contributed by atoms with Gasteiger partial charge in [-0.25, -0.2) is 0 Å². The number of ether oxygens (including phenoxy) is 1. The van der Waals surface area contributed by atoms with Crippen molar-refractivity contribution in [1.82, 2.24) is 5.32 Å². The average molecular weight is 358 g/mol. The fourth-order valence-electron chi connectivity index (χ4n) is 2.72. The van der Waals surface area contributed by atoms with Crippen molar-refractivity contribution in [3.05, 3.63) is 34.9 Å². The number of amides is 1. The molecule has 1 heterocycles. The molecule has 0 spiro atoms. The zero-order valence-electron chi connectivity index (χ0n) is 12.7. The van der Waals surface area contributed by atoms with Crippen LogP contribution in [0.4, 0.5) is 0 Å². The average Bonchev–Trinajstić information content (AvgIpc) is 2.54. The van der Waals surface area contributed by atoms with Gasteiger partial charge in [-0.15, -0.1) is 11.8 Å². The molecule has 2 N–H and O–H groups in total. The van der Waals surface area contributed by atoms with Crippen molar-refractivity contribution in [1.29, 1.82) is 0 Å². The first kappa shape index (κ1) is 18.1. The second kappa shape index (κ2) is 8.57. The Morgan fingerprint density at radius 2 is 2.09 bits per heavy atom. The molecule has 1 aliphatic rings. The van der Waals surface area contributed by atoms with Gasteiger partial charge in [0, 0.05) is 30.5 Å². The van der Waals surface area contributed by atoms with Gasteiger partial charge < -0.3 is 15.2 Å². The fraction of sp³-hybridized carbons (Fsp3) is 0.500. The van der Waals surface area contributed by atoms with E-state index in [2.05, 4.69) is 5.32 Å². The van der Waals surface area contributed by atoms with E-state index in [-0.39, 0.29) is 11.7 Å². The third-order valence-electron chi connectivity index (χ3n) is 3.92. The van der Waals surface area contributed by atoms with Crippen LogP contribution in [0, 0.1) is 0 Å². The first-order valence-electron chi connectivity index (χ1n) is 7.46. The molecule has 0 radical (unpaired) electrons. The van der Waals surface area contributed by atoms with Crippen LogP contribution in [-0.2, 0) is 19.7 Å². The van der Waals surface area contributed by atoms with E-state index in [9.17, 15) is 9.59 Å². The molecule has 0 atom stereocenters. The van der Waals surface area contributed by atoms with Crippen LogP contribution in [0.1, 0.15) is 18.4 Å². The van der Waals surface area contributed by atoms with Crippen LogP contribution in [0.3, 0.4) is 0 Å². The number of hydrogen-bond acceptors (Lipinski definition) is 4. The Hall–Kier alpha value is -1.24. The summed E-state index contributed by atoms with van der Waals surface area (Å²) in [5.74, 6) is -0.274. The van der Waals surface area contributed by atoms with E-state index in [1.165, 1.54) is 11.8 Å². The number of nitrogens with one attached hydrogen (secondary N) is 1. The minimum atomic E-state index is -0.846. The van der Waals surface area contributed by atoms with Gasteiger partial charge in [-0.05, 0) is 30.5 Å². The number of hydrogen-bond donors (Lipinski definition) is 2. The van der Waals surface area contributed by atoms with Crippen molar-refractivity contribution in [3.63, 3.8) is 0 Å². The summed E-state index contributed by atoms with van der Waals surface area (Å²) in [4.78, 5) is 23.3. The summed E-state index contributed by atoms with van der Waals surface area (Å²) in [7, 11) is 0. The summed E-state index contributed by atoms with van der Waals surface area (Å²) < 4.78 is 5.41. The molecule has 1 aromatic carbocycles. The molecule has 0 unspecified atom stereocenters. The van der Waals surface area contributed by atoms with Gasteiger partial charge in [-0.2, -0.15) is 0 Å². The van der Waals surface area contributed by atoms with Crippen LogP contribution in [0.25, 0.3) is 0 Å². The van der Waals surface area contributed by atoms with Gasteiger partial charge in [-0.3, -0.25) is 9.59 Å². The Bertz CT molecular complexity index is 561. The SMILES string of the molecule is O=C(O)CSCCNC(=O)C1(c2cccc(Cl)c2)CCOCC1. The maximum absolute atomic E-state index is 12.8. The molecule has 1 aliphatic heterocycles. The molecule has 5 nitrogen and oxygen atoms in total. The maximum Gasteiger partial charge on any atom is 0.313 e. The molecule has 126 valence electrons. The number of rotatable bonds is 7. The van der Waals surface area contributed by atoms with E-state index >= 15 is 0 Å². The molecule has 2 rings (SSSR count). The topological polar surface area (TPSA) is 75.6 Å². The zero-order chi connectivity index (χ0) is 16.7. The highest BCUT2D eigenvalue weighted by molar-refractivity contribution is 7.99. The van der Waals surface area contributed by atoms with Crippen LogP contribution in [0.15, 0.2) is 24.3 Å². The summed E-state index contributed by atoms with van der Waals surface area (Å²) >= 11 is 7.37. The number of carbonyl (C=O) groups excluding carboxylic acids is 1. The molecular formula is C16H20ClNO4S. The van der Waals surface area contributed by atoms with E-state index in [0.717, 1.165) is 5.56 Å². The third-order valence-corrected chi connectivity index (χ3v) is 5.09. The zero-order valence-corrected chi connectivity index (χ0v) is 14.3. The Morgan fingerprint density at radius 3 is 2.74 bits per heavy atom. The van der Waals surface area contributed by atoms with Crippen molar-refractivity contribution >= 4 is 35.2 Å². The Morgan fingerprint density at radius 1 is 1.35 bits per heavy atom. The van der Waals surface area contributed by atoms with Crippen LogP contribution < -0.4 is 5.32 Å². The maximum atomic E-state index is 12.8. The summed E-state index contributed by atoms with van der Waals surface area (Å²) in [5.41, 5.74) is 0.282. The van der Waals surface area contributed by atoms with E-state index < -0.39 is 11.4 Å².